The molecule has 0 fully saturated rings. The van der Waals surface area contributed by atoms with E-state index in [9.17, 15) is 14.7 Å². The maximum absolute atomic E-state index is 12.3. The van der Waals surface area contributed by atoms with Crippen LogP contribution in [-0.4, -0.2) is 33.9 Å². The average Bonchev–Trinajstić information content (AvgIpc) is 3.10. The van der Waals surface area contributed by atoms with Crippen molar-refractivity contribution in [2.75, 3.05) is 0 Å². The molecule has 3 aromatic heterocycles. The summed E-state index contributed by atoms with van der Waals surface area (Å²) in [6, 6.07) is 0. The van der Waals surface area contributed by atoms with Crippen LogP contribution in [0.25, 0.3) is 11.2 Å². The molecule has 3 heterocycles. The molecule has 1 unspecified atom stereocenters. The summed E-state index contributed by atoms with van der Waals surface area (Å²) in [7, 11) is 2.95. The van der Waals surface area contributed by atoms with Gasteiger partial charge in [-0.15, -0.1) is 0 Å². The van der Waals surface area contributed by atoms with E-state index >= 15 is 0 Å². The molecule has 1 N–H and O–H groups in total. The molecule has 0 bridgehead atoms. The molecule has 0 aliphatic rings. The molecular formula is C12H14N6O4. The van der Waals surface area contributed by atoms with E-state index in [1.165, 1.54) is 29.4 Å². The summed E-state index contributed by atoms with van der Waals surface area (Å²) in [5, 5.41) is 13.1. The summed E-state index contributed by atoms with van der Waals surface area (Å²) in [4.78, 5) is 32.3. The quantitative estimate of drug-likeness (QED) is 0.653. The molecule has 3 rings (SSSR count). The molecular weight excluding hydrogens is 292 g/mol. The molecule has 22 heavy (non-hydrogen) atoms. The molecule has 0 aliphatic heterocycles. The Balaban J connectivity index is 2.12. The molecule has 10 nitrogen and oxygen atoms in total. The van der Waals surface area contributed by atoms with Gasteiger partial charge in [0.15, 0.2) is 17.0 Å². The van der Waals surface area contributed by atoms with Gasteiger partial charge in [0.05, 0.1) is 12.9 Å². The van der Waals surface area contributed by atoms with Crippen LogP contribution in [0.4, 0.5) is 0 Å². The van der Waals surface area contributed by atoms with E-state index in [0.717, 1.165) is 4.57 Å². The van der Waals surface area contributed by atoms with Crippen molar-refractivity contribution >= 4 is 11.2 Å². The van der Waals surface area contributed by atoms with Gasteiger partial charge in [-0.05, 0) is 6.92 Å². The van der Waals surface area contributed by atoms with Crippen LogP contribution in [0.15, 0.2) is 20.4 Å². The molecule has 0 saturated carbocycles. The van der Waals surface area contributed by atoms with E-state index in [-0.39, 0.29) is 23.6 Å². The molecule has 0 spiro atoms. The maximum Gasteiger partial charge on any atom is 0.332 e. The number of aliphatic hydroxyl groups excluding tert-OH is 1. The lowest BCUT2D eigenvalue weighted by molar-refractivity contribution is 0.151. The Bertz CT molecular complexity index is 960. The Hall–Kier alpha value is -2.75. The summed E-state index contributed by atoms with van der Waals surface area (Å²) >= 11 is 0. The van der Waals surface area contributed by atoms with Crippen molar-refractivity contribution in [1.82, 2.24) is 28.8 Å². The van der Waals surface area contributed by atoms with E-state index in [0.29, 0.717) is 5.82 Å². The van der Waals surface area contributed by atoms with Crippen LogP contribution >= 0.6 is 0 Å². The molecule has 1 atom stereocenters. The molecule has 0 radical (unpaired) electrons. The lowest BCUT2D eigenvalue weighted by Crippen LogP contribution is -2.37. The first kappa shape index (κ1) is 14.2. The van der Waals surface area contributed by atoms with E-state index < -0.39 is 17.4 Å². The third kappa shape index (κ3) is 2.04. The Kier molecular flexibility index (Phi) is 3.17. The fourth-order valence-corrected chi connectivity index (χ4v) is 2.17. The molecule has 3 aromatic rings. The zero-order chi connectivity index (χ0) is 16.0. The van der Waals surface area contributed by atoms with Gasteiger partial charge in [-0.3, -0.25) is 13.9 Å². The lowest BCUT2D eigenvalue weighted by atomic mass is 10.4. The molecule has 0 saturated heterocycles. The maximum atomic E-state index is 12.3. The van der Waals surface area contributed by atoms with Crippen molar-refractivity contribution in [3.8, 4) is 0 Å². The number of imidazole rings is 1. The number of aryl methyl sites for hydroxylation is 1. The minimum Gasteiger partial charge on any atom is -0.384 e. The van der Waals surface area contributed by atoms with Crippen molar-refractivity contribution in [3.05, 3.63) is 38.9 Å². The van der Waals surface area contributed by atoms with Crippen LogP contribution in [0, 0.1) is 0 Å². The monoisotopic (exact) mass is 306 g/mol. The van der Waals surface area contributed by atoms with Crippen molar-refractivity contribution < 1.29 is 9.63 Å². The Morgan fingerprint density at radius 3 is 2.68 bits per heavy atom. The smallest absolute Gasteiger partial charge is 0.332 e. The number of rotatable bonds is 3. The van der Waals surface area contributed by atoms with Gasteiger partial charge in [0.2, 0.25) is 0 Å². The van der Waals surface area contributed by atoms with Crippen molar-refractivity contribution in [2.45, 2.75) is 19.6 Å². The molecule has 0 aliphatic carbocycles. The van der Waals surface area contributed by atoms with Crippen molar-refractivity contribution in [1.29, 1.82) is 0 Å². The molecule has 0 amide bonds. The zero-order valence-corrected chi connectivity index (χ0v) is 12.2. The summed E-state index contributed by atoms with van der Waals surface area (Å²) in [5.41, 5.74) is -0.339. The van der Waals surface area contributed by atoms with Gasteiger partial charge >= 0.3 is 5.69 Å². The average molecular weight is 306 g/mol. The van der Waals surface area contributed by atoms with E-state index in [1.807, 2.05) is 0 Å². The third-order valence-corrected chi connectivity index (χ3v) is 3.37. The van der Waals surface area contributed by atoms with Gasteiger partial charge in [-0.1, -0.05) is 5.16 Å². The van der Waals surface area contributed by atoms with Crippen LogP contribution in [-0.2, 0) is 20.6 Å². The number of fused-ring (bicyclic) bond motifs is 1. The lowest BCUT2D eigenvalue weighted by Gasteiger charge is -2.04. The Labute approximate surface area is 123 Å². The highest BCUT2D eigenvalue weighted by Crippen LogP contribution is 2.11. The number of aliphatic hydroxyl groups is 1. The second kappa shape index (κ2) is 4.91. The SMILES string of the molecule is CC(O)c1nc(Cn2cnc3c2c(=O)n(C)c(=O)n3C)no1. The summed E-state index contributed by atoms with van der Waals surface area (Å²) < 4.78 is 8.74. The largest absolute Gasteiger partial charge is 0.384 e. The van der Waals surface area contributed by atoms with Crippen molar-refractivity contribution in [2.24, 2.45) is 14.1 Å². The zero-order valence-electron chi connectivity index (χ0n) is 12.2. The fraction of sp³-hybridized carbons (Fsp3) is 0.417. The first-order valence-corrected chi connectivity index (χ1v) is 6.51. The highest BCUT2D eigenvalue weighted by molar-refractivity contribution is 5.70. The predicted octanol–water partition coefficient (Wildman–Crippen LogP) is -1.08. The van der Waals surface area contributed by atoms with E-state index in [4.69, 9.17) is 4.52 Å². The van der Waals surface area contributed by atoms with Gasteiger partial charge in [-0.25, -0.2) is 9.78 Å². The summed E-state index contributed by atoms with van der Waals surface area (Å²) in [6.07, 6.45) is 0.568. The standard InChI is InChI=1S/C12H14N6O4/c1-6(19)10-14-7(15-22-10)4-18-5-13-9-8(18)11(20)17(3)12(21)16(9)2/h5-6,19H,4H2,1-3H3. The predicted molar refractivity (Wildman–Crippen MR) is 74.2 cm³/mol. The number of hydrogen-bond acceptors (Lipinski definition) is 7. The first-order chi connectivity index (χ1) is 10.4. The third-order valence-electron chi connectivity index (χ3n) is 3.37. The minimum atomic E-state index is -0.866. The fourth-order valence-electron chi connectivity index (χ4n) is 2.17. The van der Waals surface area contributed by atoms with E-state index in [1.54, 1.807) is 7.05 Å². The molecule has 116 valence electrons. The van der Waals surface area contributed by atoms with Gasteiger partial charge in [-0.2, -0.15) is 4.98 Å². The van der Waals surface area contributed by atoms with Crippen LogP contribution in [0.3, 0.4) is 0 Å². The molecule has 0 aromatic carbocycles. The van der Waals surface area contributed by atoms with Crippen LogP contribution < -0.4 is 11.2 Å². The second-order valence-electron chi connectivity index (χ2n) is 4.98. The second-order valence-corrected chi connectivity index (χ2v) is 4.98. The van der Waals surface area contributed by atoms with Gasteiger partial charge in [0.1, 0.15) is 6.10 Å². The van der Waals surface area contributed by atoms with Gasteiger partial charge < -0.3 is 14.2 Å². The summed E-state index contributed by atoms with van der Waals surface area (Å²) in [6.45, 7) is 1.65. The van der Waals surface area contributed by atoms with Crippen molar-refractivity contribution in [3.63, 3.8) is 0 Å². The highest BCUT2D eigenvalue weighted by Gasteiger charge is 2.17. The van der Waals surface area contributed by atoms with Gasteiger partial charge in [0, 0.05) is 14.1 Å². The number of nitrogens with zero attached hydrogens (tertiary/aromatic N) is 6. The highest BCUT2D eigenvalue weighted by atomic mass is 16.5. The minimum absolute atomic E-state index is 0.0970. The molecule has 10 heteroatoms. The number of hydrogen-bond donors (Lipinski definition) is 1. The Morgan fingerprint density at radius 2 is 2.05 bits per heavy atom. The topological polar surface area (TPSA) is 121 Å². The first-order valence-electron chi connectivity index (χ1n) is 6.51. The number of aromatic nitrogens is 6. The van der Waals surface area contributed by atoms with Crippen LogP contribution in [0.1, 0.15) is 24.7 Å². The van der Waals surface area contributed by atoms with Gasteiger partial charge in [0.25, 0.3) is 11.4 Å². The summed E-state index contributed by atoms with van der Waals surface area (Å²) in [5.74, 6) is 0.394. The van der Waals surface area contributed by atoms with Crippen LogP contribution in [0.2, 0.25) is 0 Å². The Morgan fingerprint density at radius 1 is 1.32 bits per heavy atom. The normalized spacial score (nSPS) is 12.9. The van der Waals surface area contributed by atoms with E-state index in [2.05, 4.69) is 15.1 Å². The van der Waals surface area contributed by atoms with Crippen LogP contribution in [0.5, 0.6) is 0 Å².